The summed E-state index contributed by atoms with van der Waals surface area (Å²) in [6.45, 7) is 1.44. The highest BCUT2D eigenvalue weighted by atomic mass is 16.5. The molecule has 2 aromatic rings. The quantitative estimate of drug-likeness (QED) is 0.366. The van der Waals surface area contributed by atoms with Crippen LogP contribution in [-0.4, -0.2) is 28.7 Å². The van der Waals surface area contributed by atoms with Crippen LogP contribution in [0.2, 0.25) is 0 Å². The number of hydrogen-bond donors (Lipinski definition) is 0. The zero-order chi connectivity index (χ0) is 16.6. The third-order valence-corrected chi connectivity index (χ3v) is 3.63. The van der Waals surface area contributed by atoms with E-state index in [-0.39, 0.29) is 36.0 Å². The van der Waals surface area contributed by atoms with Crippen LogP contribution in [0.3, 0.4) is 0 Å². The molecule has 23 heavy (non-hydrogen) atoms. The summed E-state index contributed by atoms with van der Waals surface area (Å²) in [5.74, 6) is -1.33. The predicted octanol–water partition coefficient (Wildman–Crippen LogP) is 1.24. The van der Waals surface area contributed by atoms with Crippen LogP contribution in [0.4, 0.5) is 0 Å². The van der Waals surface area contributed by atoms with Gasteiger partial charge in [0.05, 0.1) is 0 Å². The number of hydrogen-bond acceptors (Lipinski definition) is 6. The third kappa shape index (κ3) is 2.85. The monoisotopic (exact) mass is 315 g/mol. The van der Waals surface area contributed by atoms with Crippen LogP contribution >= 0.6 is 0 Å². The average molecular weight is 315 g/mol. The smallest absolute Gasteiger partial charge is 0.336 e. The molecule has 0 N–H and O–H groups in total. The molecule has 1 saturated heterocycles. The molecule has 0 bridgehead atoms. The van der Waals surface area contributed by atoms with E-state index in [1.165, 1.54) is 19.1 Å². The molecule has 0 saturated carbocycles. The van der Waals surface area contributed by atoms with E-state index in [4.69, 9.17) is 9.15 Å². The summed E-state index contributed by atoms with van der Waals surface area (Å²) in [5.41, 5.74) is -0.230. The van der Waals surface area contributed by atoms with Gasteiger partial charge in [0.1, 0.15) is 17.4 Å². The summed E-state index contributed by atoms with van der Waals surface area (Å²) in [4.78, 5) is 47.6. The van der Waals surface area contributed by atoms with Crippen LogP contribution in [0.25, 0.3) is 11.0 Å². The molecule has 3 rings (SSSR count). The van der Waals surface area contributed by atoms with Crippen molar-refractivity contribution in [3.63, 3.8) is 0 Å². The number of benzene rings is 1. The Balaban J connectivity index is 1.81. The summed E-state index contributed by atoms with van der Waals surface area (Å²) in [6.07, 6.45) is 0.217. The van der Waals surface area contributed by atoms with Crippen molar-refractivity contribution in [3.05, 3.63) is 40.8 Å². The van der Waals surface area contributed by atoms with Gasteiger partial charge in [-0.25, -0.2) is 9.59 Å². The van der Waals surface area contributed by atoms with Crippen LogP contribution in [0, 0.1) is 0 Å². The van der Waals surface area contributed by atoms with Crippen molar-refractivity contribution in [3.8, 4) is 5.75 Å². The Labute approximate surface area is 130 Å². The lowest BCUT2D eigenvalue weighted by atomic mass is 10.2. The number of likely N-dealkylation sites (tertiary alicyclic amines) is 1. The summed E-state index contributed by atoms with van der Waals surface area (Å²) < 4.78 is 10.2. The number of rotatable bonds is 3. The first kappa shape index (κ1) is 15.0. The lowest BCUT2D eigenvalue weighted by Crippen LogP contribution is -2.44. The van der Waals surface area contributed by atoms with Gasteiger partial charge in [-0.2, -0.15) is 0 Å². The first-order valence-corrected chi connectivity index (χ1v) is 7.06. The Morgan fingerprint density at radius 1 is 1.13 bits per heavy atom. The summed E-state index contributed by atoms with van der Waals surface area (Å²) in [7, 11) is 0. The first-order chi connectivity index (χ1) is 11.0. The van der Waals surface area contributed by atoms with E-state index in [1.54, 1.807) is 18.2 Å². The number of esters is 1. The van der Waals surface area contributed by atoms with Gasteiger partial charge in [-0.05, 0) is 25.1 Å². The lowest BCUT2D eigenvalue weighted by molar-refractivity contribution is -0.151. The third-order valence-electron chi connectivity index (χ3n) is 3.63. The zero-order valence-electron chi connectivity index (χ0n) is 12.3. The Morgan fingerprint density at radius 2 is 1.78 bits per heavy atom. The molecule has 1 aliphatic heterocycles. The predicted molar refractivity (Wildman–Crippen MR) is 78.7 cm³/mol. The Bertz CT molecular complexity index is 852. The molecular formula is C16H13NO6. The van der Waals surface area contributed by atoms with E-state index in [9.17, 15) is 19.2 Å². The number of ether oxygens (including phenoxy) is 1. The normalized spacial score (nSPS) is 16.0. The molecule has 1 fully saturated rings. The second-order valence-electron chi connectivity index (χ2n) is 5.21. The van der Waals surface area contributed by atoms with Gasteiger partial charge in [0.25, 0.3) is 0 Å². The van der Waals surface area contributed by atoms with Gasteiger partial charge < -0.3 is 9.15 Å². The molecule has 1 aromatic carbocycles. The van der Waals surface area contributed by atoms with Gasteiger partial charge in [0.15, 0.2) is 0 Å². The highest BCUT2D eigenvalue weighted by molar-refractivity contribution is 6.05. The van der Waals surface area contributed by atoms with Crippen molar-refractivity contribution in [2.75, 3.05) is 0 Å². The van der Waals surface area contributed by atoms with Crippen LogP contribution in [0.1, 0.15) is 19.8 Å². The van der Waals surface area contributed by atoms with Crippen molar-refractivity contribution >= 4 is 28.8 Å². The topological polar surface area (TPSA) is 93.9 Å². The lowest BCUT2D eigenvalue weighted by Gasteiger charge is -2.20. The molecule has 1 aliphatic rings. The molecule has 7 heteroatoms. The SMILES string of the molecule is CC(C(=O)Oc1ccc2ccc(=O)oc2c1)N1C(=O)CCC1=O. The number of fused-ring (bicyclic) bond motifs is 1. The van der Waals surface area contributed by atoms with E-state index in [0.717, 1.165) is 4.90 Å². The Morgan fingerprint density at radius 3 is 2.48 bits per heavy atom. The van der Waals surface area contributed by atoms with Gasteiger partial charge in [0, 0.05) is 30.4 Å². The van der Waals surface area contributed by atoms with E-state index in [2.05, 4.69) is 0 Å². The van der Waals surface area contributed by atoms with E-state index in [0.29, 0.717) is 5.39 Å². The molecule has 118 valence electrons. The minimum atomic E-state index is -1.00. The summed E-state index contributed by atoms with van der Waals surface area (Å²) in [5, 5.41) is 0.683. The molecule has 0 radical (unpaired) electrons. The van der Waals surface area contributed by atoms with Crippen LogP contribution in [0.15, 0.2) is 39.5 Å². The van der Waals surface area contributed by atoms with Crippen LogP contribution < -0.4 is 10.4 Å². The average Bonchev–Trinajstić information content (AvgIpc) is 2.85. The minimum absolute atomic E-state index is 0.109. The zero-order valence-corrected chi connectivity index (χ0v) is 12.3. The Hall–Kier alpha value is -2.96. The number of imide groups is 1. The first-order valence-electron chi connectivity index (χ1n) is 7.06. The summed E-state index contributed by atoms with van der Waals surface area (Å²) >= 11 is 0. The minimum Gasteiger partial charge on any atom is -0.425 e. The fraction of sp³-hybridized carbons (Fsp3) is 0.250. The molecule has 0 aliphatic carbocycles. The van der Waals surface area contributed by atoms with Crippen molar-refractivity contribution in [2.45, 2.75) is 25.8 Å². The second kappa shape index (κ2) is 5.68. The van der Waals surface area contributed by atoms with E-state index >= 15 is 0 Å². The standard InChI is InChI=1S/C16H13NO6/c1-9(17-13(18)5-6-14(17)19)16(21)22-11-4-2-10-3-7-15(20)23-12(10)8-11/h2-4,7-9H,5-6H2,1H3. The number of amides is 2. The highest BCUT2D eigenvalue weighted by Crippen LogP contribution is 2.21. The van der Waals surface area contributed by atoms with E-state index < -0.39 is 17.6 Å². The second-order valence-corrected chi connectivity index (χ2v) is 5.21. The number of carbonyl (C=O) groups excluding carboxylic acids is 3. The fourth-order valence-electron chi connectivity index (χ4n) is 2.44. The molecule has 1 atom stereocenters. The molecule has 2 amide bonds. The maximum Gasteiger partial charge on any atom is 0.336 e. The Kier molecular flexibility index (Phi) is 3.69. The van der Waals surface area contributed by atoms with E-state index in [1.807, 2.05) is 0 Å². The largest absolute Gasteiger partial charge is 0.425 e. The molecule has 7 nitrogen and oxygen atoms in total. The van der Waals surface area contributed by atoms with Crippen molar-refractivity contribution in [1.29, 1.82) is 0 Å². The van der Waals surface area contributed by atoms with Gasteiger partial charge in [-0.15, -0.1) is 0 Å². The number of carbonyl (C=O) groups is 3. The maximum absolute atomic E-state index is 12.1. The number of nitrogens with zero attached hydrogens (tertiary/aromatic N) is 1. The van der Waals surface area contributed by atoms with Gasteiger partial charge in [-0.3, -0.25) is 14.5 Å². The molecular weight excluding hydrogens is 302 g/mol. The van der Waals surface area contributed by atoms with Crippen molar-refractivity contribution in [2.24, 2.45) is 0 Å². The highest BCUT2D eigenvalue weighted by Gasteiger charge is 2.37. The van der Waals surface area contributed by atoms with Gasteiger partial charge in [-0.1, -0.05) is 0 Å². The molecule has 1 aromatic heterocycles. The van der Waals surface area contributed by atoms with Crippen LogP contribution in [0.5, 0.6) is 5.75 Å². The fourth-order valence-corrected chi connectivity index (χ4v) is 2.44. The molecule has 1 unspecified atom stereocenters. The van der Waals surface area contributed by atoms with Crippen LogP contribution in [-0.2, 0) is 14.4 Å². The van der Waals surface area contributed by atoms with Crippen molar-refractivity contribution in [1.82, 2.24) is 4.90 Å². The van der Waals surface area contributed by atoms with Crippen molar-refractivity contribution < 1.29 is 23.5 Å². The maximum atomic E-state index is 12.1. The van der Waals surface area contributed by atoms with Gasteiger partial charge in [0.2, 0.25) is 11.8 Å². The van der Waals surface area contributed by atoms with Gasteiger partial charge >= 0.3 is 11.6 Å². The summed E-state index contributed by atoms with van der Waals surface area (Å²) in [6, 6.07) is 6.47. The molecule has 0 spiro atoms. The molecule has 2 heterocycles.